The van der Waals surface area contributed by atoms with Gasteiger partial charge in [0.15, 0.2) is 0 Å². The summed E-state index contributed by atoms with van der Waals surface area (Å²) in [7, 11) is 0. The molecule has 1 aromatic rings. The molecule has 0 fully saturated rings. The van der Waals surface area contributed by atoms with E-state index in [9.17, 15) is 9.90 Å². The van der Waals surface area contributed by atoms with Gasteiger partial charge in [0.25, 0.3) is 0 Å². The van der Waals surface area contributed by atoms with E-state index in [0.717, 1.165) is 23.3 Å². The van der Waals surface area contributed by atoms with Gasteiger partial charge in [0.1, 0.15) is 5.75 Å². The average molecular weight is 207 g/mol. The second-order valence-electron chi connectivity index (χ2n) is 3.27. The Morgan fingerprint density at radius 2 is 2.07 bits per heavy atom. The Balaban J connectivity index is 2.92. The number of rotatable bonds is 5. The number of carbonyl (C=O) groups is 1. The first-order valence-electron chi connectivity index (χ1n) is 5.11. The van der Waals surface area contributed by atoms with Crippen LogP contribution in [0.15, 0.2) is 18.2 Å². The van der Waals surface area contributed by atoms with Gasteiger partial charge in [0, 0.05) is 12.4 Å². The third-order valence-corrected chi connectivity index (χ3v) is 2.20. The van der Waals surface area contributed by atoms with Crippen LogP contribution in [0.5, 0.6) is 5.75 Å². The number of hydrogen-bond acceptors (Lipinski definition) is 3. The molecule has 1 aromatic carbocycles. The van der Waals surface area contributed by atoms with Crippen molar-refractivity contribution in [2.24, 2.45) is 0 Å². The molecule has 0 aliphatic heterocycles. The standard InChI is InChI=1S/C12H16O3/c1-3-9-7-11(15-4-2)6-5-10(9)8-12(13)14/h5-7H,3-4,8H2,1-2H3,(H,13,14)/p-1. The molecule has 0 saturated carbocycles. The van der Waals surface area contributed by atoms with Crippen LogP contribution in [0.3, 0.4) is 0 Å². The van der Waals surface area contributed by atoms with Crippen molar-refractivity contribution in [2.45, 2.75) is 26.7 Å². The van der Waals surface area contributed by atoms with Crippen LogP contribution < -0.4 is 9.84 Å². The number of carbonyl (C=O) groups excluding carboxylic acids is 1. The largest absolute Gasteiger partial charge is 0.550 e. The average Bonchev–Trinajstić information content (AvgIpc) is 2.20. The lowest BCUT2D eigenvalue weighted by molar-refractivity contribution is -0.304. The zero-order valence-electron chi connectivity index (χ0n) is 9.08. The van der Waals surface area contributed by atoms with Gasteiger partial charge >= 0.3 is 0 Å². The molecule has 82 valence electrons. The molecular formula is C12H15O3-. The quantitative estimate of drug-likeness (QED) is 0.722. The summed E-state index contributed by atoms with van der Waals surface area (Å²) < 4.78 is 5.35. The minimum atomic E-state index is -1.05. The lowest BCUT2D eigenvalue weighted by atomic mass is 10.0. The highest BCUT2D eigenvalue weighted by molar-refractivity contribution is 5.68. The fourth-order valence-electron chi connectivity index (χ4n) is 1.52. The smallest absolute Gasteiger partial charge is 0.119 e. The Hall–Kier alpha value is -1.51. The molecule has 0 radical (unpaired) electrons. The van der Waals surface area contributed by atoms with Crippen LogP contribution in [0.2, 0.25) is 0 Å². The van der Waals surface area contributed by atoms with E-state index in [0.29, 0.717) is 6.61 Å². The van der Waals surface area contributed by atoms with Crippen molar-refractivity contribution < 1.29 is 14.6 Å². The van der Waals surface area contributed by atoms with E-state index in [1.807, 2.05) is 19.9 Å². The summed E-state index contributed by atoms with van der Waals surface area (Å²) in [6.45, 7) is 4.52. The lowest BCUT2D eigenvalue weighted by Gasteiger charge is -2.11. The van der Waals surface area contributed by atoms with Gasteiger partial charge in [0.2, 0.25) is 0 Å². The number of hydrogen-bond donors (Lipinski definition) is 0. The SMILES string of the molecule is CCOc1ccc(CC(=O)[O-])c(CC)c1. The van der Waals surface area contributed by atoms with Gasteiger partial charge in [-0.3, -0.25) is 0 Å². The van der Waals surface area contributed by atoms with Gasteiger partial charge in [-0.25, -0.2) is 0 Å². The van der Waals surface area contributed by atoms with Crippen molar-refractivity contribution in [1.29, 1.82) is 0 Å². The molecule has 0 aromatic heterocycles. The maximum absolute atomic E-state index is 10.5. The molecule has 0 N–H and O–H groups in total. The molecule has 1 rings (SSSR count). The van der Waals surface area contributed by atoms with E-state index in [-0.39, 0.29) is 6.42 Å². The zero-order valence-corrected chi connectivity index (χ0v) is 9.08. The second-order valence-corrected chi connectivity index (χ2v) is 3.27. The molecule has 0 saturated heterocycles. The summed E-state index contributed by atoms with van der Waals surface area (Å²) in [5.74, 6) is -0.259. The summed E-state index contributed by atoms with van der Waals surface area (Å²) in [4.78, 5) is 10.5. The van der Waals surface area contributed by atoms with Crippen LogP contribution >= 0.6 is 0 Å². The molecule has 3 heteroatoms. The monoisotopic (exact) mass is 207 g/mol. The Bertz CT molecular complexity index is 345. The van der Waals surface area contributed by atoms with Gasteiger partial charge in [-0.2, -0.15) is 0 Å². The highest BCUT2D eigenvalue weighted by Gasteiger charge is 2.03. The predicted molar refractivity (Wildman–Crippen MR) is 55.7 cm³/mol. The van der Waals surface area contributed by atoms with Crippen LogP contribution in [-0.2, 0) is 17.6 Å². The van der Waals surface area contributed by atoms with Gasteiger partial charge in [0.05, 0.1) is 6.61 Å². The Morgan fingerprint density at radius 1 is 1.33 bits per heavy atom. The van der Waals surface area contributed by atoms with Crippen molar-refractivity contribution in [1.82, 2.24) is 0 Å². The van der Waals surface area contributed by atoms with Crippen LogP contribution in [-0.4, -0.2) is 12.6 Å². The van der Waals surface area contributed by atoms with Crippen LogP contribution in [0, 0.1) is 0 Å². The molecular weight excluding hydrogens is 192 g/mol. The highest BCUT2D eigenvalue weighted by Crippen LogP contribution is 2.19. The maximum atomic E-state index is 10.5. The van der Waals surface area contributed by atoms with Gasteiger partial charge in [-0.05, 0) is 36.6 Å². The van der Waals surface area contributed by atoms with Crippen LogP contribution in [0.1, 0.15) is 25.0 Å². The summed E-state index contributed by atoms with van der Waals surface area (Å²) >= 11 is 0. The van der Waals surface area contributed by atoms with E-state index < -0.39 is 5.97 Å². The molecule has 3 nitrogen and oxygen atoms in total. The van der Waals surface area contributed by atoms with E-state index in [1.54, 1.807) is 12.1 Å². The molecule has 0 spiro atoms. The molecule has 0 aliphatic rings. The summed E-state index contributed by atoms with van der Waals surface area (Å²) in [5.41, 5.74) is 1.81. The first kappa shape index (κ1) is 11.6. The van der Waals surface area contributed by atoms with Gasteiger partial charge < -0.3 is 14.6 Å². The molecule has 0 amide bonds. The minimum Gasteiger partial charge on any atom is -0.550 e. The van der Waals surface area contributed by atoms with Crippen LogP contribution in [0.4, 0.5) is 0 Å². The third kappa shape index (κ3) is 3.27. The topological polar surface area (TPSA) is 49.4 Å². The first-order valence-corrected chi connectivity index (χ1v) is 5.11. The molecule has 0 unspecified atom stereocenters. The van der Waals surface area contributed by atoms with Gasteiger partial charge in [-0.1, -0.05) is 13.0 Å². The maximum Gasteiger partial charge on any atom is 0.119 e. The minimum absolute atomic E-state index is 0.0322. The summed E-state index contributed by atoms with van der Waals surface area (Å²) in [6, 6.07) is 5.47. The van der Waals surface area contributed by atoms with Crippen LogP contribution in [0.25, 0.3) is 0 Å². The number of carboxylic acid groups (broad SMARTS) is 1. The van der Waals surface area contributed by atoms with E-state index in [2.05, 4.69) is 0 Å². The fraction of sp³-hybridized carbons (Fsp3) is 0.417. The van der Waals surface area contributed by atoms with E-state index in [1.165, 1.54) is 0 Å². The molecule has 0 bridgehead atoms. The number of carboxylic acids is 1. The van der Waals surface area contributed by atoms with Crippen molar-refractivity contribution in [2.75, 3.05) is 6.61 Å². The number of aliphatic carboxylic acids is 1. The first-order chi connectivity index (χ1) is 7.17. The highest BCUT2D eigenvalue weighted by atomic mass is 16.5. The van der Waals surface area contributed by atoms with Gasteiger partial charge in [-0.15, -0.1) is 0 Å². The van der Waals surface area contributed by atoms with Crippen molar-refractivity contribution in [3.63, 3.8) is 0 Å². The summed E-state index contributed by atoms with van der Waals surface area (Å²) in [5, 5.41) is 10.5. The van der Waals surface area contributed by atoms with Crippen molar-refractivity contribution >= 4 is 5.97 Å². The molecule has 0 atom stereocenters. The predicted octanol–water partition coefficient (Wildman–Crippen LogP) is 0.940. The second kappa shape index (κ2) is 5.39. The number of benzene rings is 1. The Labute approximate surface area is 89.7 Å². The lowest BCUT2D eigenvalue weighted by Crippen LogP contribution is -2.24. The summed E-state index contributed by atoms with van der Waals surface area (Å²) in [6.07, 6.45) is 0.763. The molecule has 0 aliphatic carbocycles. The third-order valence-electron chi connectivity index (χ3n) is 2.20. The molecule has 15 heavy (non-hydrogen) atoms. The Kier molecular flexibility index (Phi) is 4.16. The normalized spacial score (nSPS) is 10.0. The fourth-order valence-corrected chi connectivity index (χ4v) is 1.52. The van der Waals surface area contributed by atoms with Crippen molar-refractivity contribution in [3.8, 4) is 5.75 Å². The van der Waals surface area contributed by atoms with E-state index in [4.69, 9.17) is 4.74 Å². The van der Waals surface area contributed by atoms with Crippen molar-refractivity contribution in [3.05, 3.63) is 29.3 Å². The number of aryl methyl sites for hydroxylation is 1. The Morgan fingerprint density at radius 3 is 2.60 bits per heavy atom. The molecule has 0 heterocycles. The zero-order chi connectivity index (χ0) is 11.3. The number of ether oxygens (including phenoxy) is 1. The van der Waals surface area contributed by atoms with E-state index >= 15 is 0 Å².